The Balaban J connectivity index is 2.68. The van der Waals surface area contributed by atoms with Gasteiger partial charge in [0.05, 0.1) is 20.6 Å². The molecule has 0 heterocycles. The summed E-state index contributed by atoms with van der Waals surface area (Å²) in [5.74, 6) is -2.42. The maximum Gasteiger partial charge on any atom is 0.324 e. The van der Waals surface area contributed by atoms with Crippen molar-refractivity contribution in [3.05, 3.63) is 35.9 Å². The van der Waals surface area contributed by atoms with Crippen LogP contribution in [-0.2, 0) is 30.3 Å². The first-order chi connectivity index (χ1) is 11.0. The van der Waals surface area contributed by atoms with Crippen LogP contribution in [-0.4, -0.2) is 49.3 Å². The lowest BCUT2D eigenvalue weighted by Crippen LogP contribution is -2.54. The van der Waals surface area contributed by atoms with Gasteiger partial charge in [0.15, 0.2) is 0 Å². The minimum atomic E-state index is -1.09. The number of carboxylic acid groups (broad SMARTS) is 1. The second-order valence-corrected chi connectivity index (χ2v) is 4.73. The zero-order valence-corrected chi connectivity index (χ0v) is 12.9. The molecule has 1 aromatic rings. The first kappa shape index (κ1) is 18.6. The van der Waals surface area contributed by atoms with Gasteiger partial charge in [-0.2, -0.15) is 0 Å². The van der Waals surface area contributed by atoms with Gasteiger partial charge in [-0.15, -0.1) is 0 Å². The molecule has 0 aromatic heterocycles. The predicted octanol–water partition coefficient (Wildman–Crippen LogP) is -0.119. The Labute approximate surface area is 133 Å². The quantitative estimate of drug-likeness (QED) is 0.425. The van der Waals surface area contributed by atoms with Crippen LogP contribution in [0.15, 0.2) is 30.3 Å². The van der Waals surface area contributed by atoms with Gasteiger partial charge in [0.2, 0.25) is 0 Å². The summed E-state index contributed by atoms with van der Waals surface area (Å²) in [6.07, 6.45) is -0.0802. The molecule has 23 heavy (non-hydrogen) atoms. The second-order valence-electron chi connectivity index (χ2n) is 4.73. The molecule has 0 unspecified atom stereocenters. The van der Waals surface area contributed by atoms with Crippen molar-refractivity contribution in [1.29, 1.82) is 0 Å². The van der Waals surface area contributed by atoms with Crippen LogP contribution >= 0.6 is 0 Å². The molecule has 0 aliphatic carbocycles. The van der Waals surface area contributed by atoms with Crippen LogP contribution < -0.4 is 10.9 Å². The van der Waals surface area contributed by atoms with Crippen LogP contribution in [0.2, 0.25) is 0 Å². The first-order valence-corrected chi connectivity index (χ1v) is 6.90. The Kier molecular flexibility index (Phi) is 7.72. The van der Waals surface area contributed by atoms with E-state index in [1.54, 1.807) is 24.3 Å². The molecule has 0 fully saturated rings. The van der Waals surface area contributed by atoms with Gasteiger partial charge >= 0.3 is 17.9 Å². The zero-order chi connectivity index (χ0) is 17.2. The maximum atomic E-state index is 11.6. The van der Waals surface area contributed by atoms with Crippen molar-refractivity contribution < 1.29 is 29.0 Å². The lowest BCUT2D eigenvalue weighted by Gasteiger charge is -2.20. The Morgan fingerprint density at radius 1 is 1.04 bits per heavy atom. The molecule has 0 aliphatic rings. The standard InChI is InChI=1S/C15H20N2O6/c1-22-13(18)9-12(15(21)23-2)17-16-11(14(19)20)8-10-6-4-3-5-7-10/h3-7,11-12,16-17H,8-9H2,1-2H3,(H,19,20)/t11-,12-/m0/s1. The number of benzene rings is 1. The molecule has 3 N–H and O–H groups in total. The van der Waals surface area contributed by atoms with E-state index in [9.17, 15) is 19.5 Å². The molecule has 0 aliphatic heterocycles. The number of carboxylic acids is 1. The van der Waals surface area contributed by atoms with E-state index >= 15 is 0 Å². The molecule has 126 valence electrons. The third-order valence-corrected chi connectivity index (χ3v) is 3.10. The van der Waals surface area contributed by atoms with E-state index in [1.165, 1.54) is 14.2 Å². The number of aliphatic carboxylic acids is 1. The van der Waals surface area contributed by atoms with Crippen molar-refractivity contribution in [3.8, 4) is 0 Å². The molecular formula is C15H20N2O6. The smallest absolute Gasteiger partial charge is 0.324 e. The highest BCUT2D eigenvalue weighted by molar-refractivity contribution is 5.82. The fourth-order valence-corrected chi connectivity index (χ4v) is 1.84. The molecule has 8 nitrogen and oxygen atoms in total. The Morgan fingerprint density at radius 2 is 1.65 bits per heavy atom. The molecule has 0 spiro atoms. The van der Waals surface area contributed by atoms with Crippen molar-refractivity contribution in [2.45, 2.75) is 24.9 Å². The summed E-state index contributed by atoms with van der Waals surface area (Å²) >= 11 is 0. The molecule has 1 aromatic carbocycles. The van der Waals surface area contributed by atoms with Crippen molar-refractivity contribution in [2.75, 3.05) is 14.2 Å². The van der Waals surface area contributed by atoms with E-state index in [0.717, 1.165) is 5.56 Å². The summed E-state index contributed by atoms with van der Waals surface area (Å²) in [7, 11) is 2.37. The van der Waals surface area contributed by atoms with Crippen LogP contribution in [0.4, 0.5) is 0 Å². The van der Waals surface area contributed by atoms with Crippen LogP contribution in [0.1, 0.15) is 12.0 Å². The van der Waals surface area contributed by atoms with Gasteiger partial charge in [-0.25, -0.2) is 10.9 Å². The largest absolute Gasteiger partial charge is 0.480 e. The van der Waals surface area contributed by atoms with Crippen LogP contribution in [0.3, 0.4) is 0 Å². The van der Waals surface area contributed by atoms with E-state index in [4.69, 9.17) is 0 Å². The van der Waals surface area contributed by atoms with Crippen molar-refractivity contribution >= 4 is 17.9 Å². The Bertz CT molecular complexity index is 534. The highest BCUT2D eigenvalue weighted by atomic mass is 16.5. The molecule has 0 saturated heterocycles. The van der Waals surface area contributed by atoms with Gasteiger partial charge in [-0.1, -0.05) is 30.3 Å². The average Bonchev–Trinajstić information content (AvgIpc) is 2.56. The molecular weight excluding hydrogens is 304 g/mol. The molecule has 0 amide bonds. The summed E-state index contributed by atoms with van der Waals surface area (Å²) in [6.45, 7) is 0. The van der Waals surface area contributed by atoms with Gasteiger partial charge in [0.25, 0.3) is 0 Å². The number of rotatable bonds is 9. The lowest BCUT2D eigenvalue weighted by atomic mass is 10.1. The fourth-order valence-electron chi connectivity index (χ4n) is 1.84. The van der Waals surface area contributed by atoms with Crippen LogP contribution in [0, 0.1) is 0 Å². The van der Waals surface area contributed by atoms with Crippen molar-refractivity contribution in [1.82, 2.24) is 10.9 Å². The third-order valence-electron chi connectivity index (χ3n) is 3.10. The highest BCUT2D eigenvalue weighted by Gasteiger charge is 2.25. The van der Waals surface area contributed by atoms with Crippen LogP contribution in [0.5, 0.6) is 0 Å². The minimum Gasteiger partial charge on any atom is -0.480 e. The molecule has 8 heteroatoms. The number of hydrogen-bond donors (Lipinski definition) is 3. The fraction of sp³-hybridized carbons (Fsp3) is 0.400. The predicted molar refractivity (Wildman–Crippen MR) is 80.3 cm³/mol. The van der Waals surface area contributed by atoms with Crippen molar-refractivity contribution in [2.24, 2.45) is 0 Å². The third kappa shape index (κ3) is 6.45. The van der Waals surface area contributed by atoms with Crippen LogP contribution in [0.25, 0.3) is 0 Å². The SMILES string of the molecule is COC(=O)C[C@H](NN[C@@H](Cc1ccccc1)C(=O)O)C(=O)OC. The number of carbonyl (C=O) groups is 3. The topological polar surface area (TPSA) is 114 Å². The normalized spacial score (nSPS) is 13.0. The van der Waals surface area contributed by atoms with E-state index < -0.39 is 30.0 Å². The number of methoxy groups -OCH3 is 2. The number of ether oxygens (including phenoxy) is 2. The summed E-state index contributed by atoms with van der Waals surface area (Å²) in [5.41, 5.74) is 5.90. The van der Waals surface area contributed by atoms with E-state index in [0.29, 0.717) is 0 Å². The maximum absolute atomic E-state index is 11.6. The van der Waals surface area contributed by atoms with Gasteiger partial charge in [-0.3, -0.25) is 14.4 Å². The number of nitrogens with one attached hydrogen (secondary N) is 2. The van der Waals surface area contributed by atoms with E-state index in [2.05, 4.69) is 20.3 Å². The number of esters is 2. The molecule has 0 radical (unpaired) electrons. The molecule has 0 saturated carbocycles. The Hall–Kier alpha value is -2.45. The number of carbonyl (C=O) groups excluding carboxylic acids is 2. The summed E-state index contributed by atoms with van der Waals surface area (Å²) in [4.78, 5) is 34.2. The van der Waals surface area contributed by atoms with Gasteiger partial charge < -0.3 is 14.6 Å². The van der Waals surface area contributed by atoms with E-state index in [1.807, 2.05) is 6.07 Å². The summed E-state index contributed by atoms with van der Waals surface area (Å²) < 4.78 is 9.07. The molecule has 1 rings (SSSR count). The summed E-state index contributed by atoms with van der Waals surface area (Å²) in [5, 5.41) is 9.26. The number of hydrogen-bond acceptors (Lipinski definition) is 7. The average molecular weight is 324 g/mol. The molecule has 2 atom stereocenters. The lowest BCUT2D eigenvalue weighted by molar-refractivity contribution is -0.150. The monoisotopic (exact) mass is 324 g/mol. The Morgan fingerprint density at radius 3 is 2.17 bits per heavy atom. The first-order valence-electron chi connectivity index (χ1n) is 6.90. The highest BCUT2D eigenvalue weighted by Crippen LogP contribution is 2.04. The van der Waals surface area contributed by atoms with Gasteiger partial charge in [0.1, 0.15) is 12.1 Å². The zero-order valence-electron chi connectivity index (χ0n) is 12.9. The van der Waals surface area contributed by atoms with Crippen molar-refractivity contribution in [3.63, 3.8) is 0 Å². The minimum absolute atomic E-state index is 0.204. The molecule has 0 bridgehead atoms. The summed E-state index contributed by atoms with van der Waals surface area (Å²) in [6, 6.07) is 6.99. The number of hydrazine groups is 1. The van der Waals surface area contributed by atoms with Gasteiger partial charge in [0, 0.05) is 0 Å². The van der Waals surface area contributed by atoms with Gasteiger partial charge in [-0.05, 0) is 12.0 Å². The second kappa shape index (κ2) is 9.54. The van der Waals surface area contributed by atoms with E-state index in [-0.39, 0.29) is 12.8 Å².